The summed E-state index contributed by atoms with van der Waals surface area (Å²) >= 11 is 1.75. The van der Waals surface area contributed by atoms with Crippen molar-refractivity contribution in [3.05, 3.63) is 0 Å². The number of hydrogen-bond acceptors (Lipinski definition) is 4. The monoisotopic (exact) mass is 218 g/mol. The summed E-state index contributed by atoms with van der Waals surface area (Å²) in [6, 6.07) is -0.169. The minimum atomic E-state index is -0.169. The Morgan fingerprint density at radius 3 is 3.14 bits per heavy atom. The highest BCUT2D eigenvalue weighted by Crippen LogP contribution is 2.02. The molecule has 2 atom stereocenters. The van der Waals surface area contributed by atoms with Crippen molar-refractivity contribution in [2.24, 2.45) is 0 Å². The van der Waals surface area contributed by atoms with Crippen molar-refractivity contribution in [3.8, 4) is 0 Å². The van der Waals surface area contributed by atoms with Gasteiger partial charge in [-0.15, -0.1) is 0 Å². The minimum Gasteiger partial charge on any atom is -0.378 e. The van der Waals surface area contributed by atoms with E-state index in [1.165, 1.54) is 0 Å². The highest BCUT2D eigenvalue weighted by atomic mass is 32.2. The van der Waals surface area contributed by atoms with Gasteiger partial charge in [0.2, 0.25) is 5.91 Å². The Bertz CT molecular complexity index is 184. The van der Waals surface area contributed by atoms with Crippen LogP contribution in [0.15, 0.2) is 0 Å². The van der Waals surface area contributed by atoms with Crippen LogP contribution in [0.25, 0.3) is 0 Å². The van der Waals surface area contributed by atoms with E-state index in [1.807, 2.05) is 6.26 Å². The number of rotatable bonds is 4. The third-order valence-corrected chi connectivity index (χ3v) is 3.18. The highest BCUT2D eigenvalue weighted by Gasteiger charge is 2.20. The topological polar surface area (TPSA) is 50.4 Å². The molecule has 1 saturated heterocycles. The molecule has 1 fully saturated rings. The molecule has 2 N–H and O–H groups in total. The van der Waals surface area contributed by atoms with Gasteiger partial charge in [0, 0.05) is 18.3 Å². The van der Waals surface area contributed by atoms with Crippen LogP contribution in [0.1, 0.15) is 6.92 Å². The first kappa shape index (κ1) is 11.8. The van der Waals surface area contributed by atoms with E-state index < -0.39 is 0 Å². The van der Waals surface area contributed by atoms with Gasteiger partial charge in [-0.3, -0.25) is 4.79 Å². The summed E-state index contributed by atoms with van der Waals surface area (Å²) in [6.45, 7) is 4.76. The molecule has 1 aliphatic heterocycles. The molecule has 0 unspecified atom stereocenters. The van der Waals surface area contributed by atoms with E-state index >= 15 is 0 Å². The number of morpholine rings is 1. The molecule has 5 heteroatoms. The predicted octanol–water partition coefficient (Wildman–Crippen LogP) is -0.157. The van der Waals surface area contributed by atoms with Gasteiger partial charge in [0.05, 0.1) is 13.2 Å². The van der Waals surface area contributed by atoms with Crippen LogP contribution in [0.4, 0.5) is 0 Å². The molecule has 14 heavy (non-hydrogen) atoms. The van der Waals surface area contributed by atoms with Crippen molar-refractivity contribution in [1.82, 2.24) is 10.6 Å². The van der Waals surface area contributed by atoms with Gasteiger partial charge in [-0.25, -0.2) is 0 Å². The zero-order valence-electron chi connectivity index (χ0n) is 8.71. The van der Waals surface area contributed by atoms with E-state index in [9.17, 15) is 4.79 Å². The highest BCUT2D eigenvalue weighted by molar-refractivity contribution is 7.99. The molecular weight excluding hydrogens is 200 g/mol. The number of nitrogens with one attached hydrogen (secondary N) is 2. The normalized spacial score (nSPS) is 24.3. The Morgan fingerprint density at radius 1 is 1.79 bits per heavy atom. The number of hydrogen-bond donors (Lipinski definition) is 2. The van der Waals surface area contributed by atoms with Gasteiger partial charge in [-0.1, -0.05) is 6.92 Å². The van der Waals surface area contributed by atoms with Crippen molar-refractivity contribution >= 4 is 17.7 Å². The van der Waals surface area contributed by atoms with Crippen LogP contribution in [-0.4, -0.2) is 49.8 Å². The molecular formula is C9H18N2O2S. The second-order valence-corrected chi connectivity index (χ2v) is 4.65. The van der Waals surface area contributed by atoms with Crippen LogP contribution in [0.3, 0.4) is 0 Å². The number of ether oxygens (including phenoxy) is 1. The molecule has 0 bridgehead atoms. The molecule has 1 heterocycles. The summed E-state index contributed by atoms with van der Waals surface area (Å²) in [5, 5.41) is 6.48. The maximum Gasteiger partial charge on any atom is 0.239 e. The quantitative estimate of drug-likeness (QED) is 0.688. The van der Waals surface area contributed by atoms with Gasteiger partial charge in [0.15, 0.2) is 0 Å². The summed E-state index contributed by atoms with van der Waals surface area (Å²) in [4.78, 5) is 11.6. The van der Waals surface area contributed by atoms with Crippen molar-refractivity contribution in [3.63, 3.8) is 0 Å². The Balaban J connectivity index is 2.19. The second-order valence-electron chi connectivity index (χ2n) is 3.37. The molecule has 0 saturated carbocycles. The Labute approximate surface area is 89.2 Å². The van der Waals surface area contributed by atoms with Crippen LogP contribution in [0.2, 0.25) is 0 Å². The van der Waals surface area contributed by atoms with E-state index in [0.717, 1.165) is 13.1 Å². The fourth-order valence-corrected chi connectivity index (χ4v) is 1.43. The molecule has 0 aromatic carbocycles. The van der Waals surface area contributed by atoms with E-state index in [2.05, 4.69) is 17.6 Å². The fraction of sp³-hybridized carbons (Fsp3) is 0.889. The van der Waals surface area contributed by atoms with E-state index in [0.29, 0.717) is 18.5 Å². The van der Waals surface area contributed by atoms with Gasteiger partial charge in [0.25, 0.3) is 0 Å². The van der Waals surface area contributed by atoms with Crippen LogP contribution >= 0.6 is 11.8 Å². The molecule has 1 aliphatic rings. The molecule has 82 valence electrons. The maximum absolute atomic E-state index is 11.6. The first-order chi connectivity index (χ1) is 6.74. The van der Waals surface area contributed by atoms with Crippen molar-refractivity contribution < 1.29 is 9.53 Å². The minimum absolute atomic E-state index is 0.0469. The van der Waals surface area contributed by atoms with Gasteiger partial charge >= 0.3 is 0 Å². The van der Waals surface area contributed by atoms with E-state index in [4.69, 9.17) is 4.74 Å². The van der Waals surface area contributed by atoms with Crippen molar-refractivity contribution in [2.75, 3.05) is 32.6 Å². The molecule has 0 aliphatic carbocycles. The van der Waals surface area contributed by atoms with Gasteiger partial charge in [-0.2, -0.15) is 11.8 Å². The van der Waals surface area contributed by atoms with Crippen molar-refractivity contribution in [2.45, 2.75) is 18.2 Å². The molecule has 0 spiro atoms. The molecule has 1 rings (SSSR count). The number of carbonyl (C=O) groups excluding carboxylic acids is 1. The predicted molar refractivity (Wildman–Crippen MR) is 58.6 cm³/mol. The summed E-state index contributed by atoms with van der Waals surface area (Å²) in [5.74, 6) is 0.0469. The zero-order chi connectivity index (χ0) is 10.4. The molecule has 0 radical (unpaired) electrons. The van der Waals surface area contributed by atoms with Crippen LogP contribution in [-0.2, 0) is 9.53 Å². The third-order valence-electron chi connectivity index (χ3n) is 2.20. The zero-order valence-corrected chi connectivity index (χ0v) is 9.52. The first-order valence-corrected chi connectivity index (χ1v) is 6.14. The molecule has 0 aromatic rings. The van der Waals surface area contributed by atoms with Gasteiger partial charge < -0.3 is 15.4 Å². The average molecular weight is 218 g/mol. The van der Waals surface area contributed by atoms with Crippen LogP contribution in [0.5, 0.6) is 0 Å². The smallest absolute Gasteiger partial charge is 0.239 e. The fourth-order valence-electron chi connectivity index (χ4n) is 1.18. The van der Waals surface area contributed by atoms with Crippen LogP contribution in [0, 0.1) is 0 Å². The lowest BCUT2D eigenvalue weighted by atomic mass is 10.2. The average Bonchev–Trinajstić information content (AvgIpc) is 2.26. The summed E-state index contributed by atoms with van der Waals surface area (Å²) in [5.41, 5.74) is 0. The van der Waals surface area contributed by atoms with E-state index in [-0.39, 0.29) is 11.9 Å². The number of amides is 1. The maximum atomic E-state index is 11.6. The largest absolute Gasteiger partial charge is 0.378 e. The summed E-state index contributed by atoms with van der Waals surface area (Å²) < 4.78 is 5.21. The standard InChI is InChI=1S/C9H18N2O2S/c1-7(14-2)5-11-9(12)8-6-13-4-3-10-8/h7-8,10H,3-6H2,1-2H3,(H,11,12)/t7-,8-/m1/s1. The lowest BCUT2D eigenvalue weighted by molar-refractivity contribution is -0.125. The van der Waals surface area contributed by atoms with Crippen LogP contribution < -0.4 is 10.6 Å². The van der Waals surface area contributed by atoms with Crippen molar-refractivity contribution in [1.29, 1.82) is 0 Å². The number of thioether (sulfide) groups is 1. The van der Waals surface area contributed by atoms with Gasteiger partial charge in [-0.05, 0) is 6.26 Å². The summed E-state index contributed by atoms with van der Waals surface area (Å²) in [7, 11) is 0. The SMILES string of the molecule is CS[C@H](C)CNC(=O)[C@H]1COCCN1. The number of carbonyl (C=O) groups is 1. The van der Waals surface area contributed by atoms with Gasteiger partial charge in [0.1, 0.15) is 6.04 Å². The Kier molecular flexibility index (Phi) is 5.29. The first-order valence-electron chi connectivity index (χ1n) is 4.85. The van der Waals surface area contributed by atoms with E-state index in [1.54, 1.807) is 11.8 Å². The summed E-state index contributed by atoms with van der Waals surface area (Å²) in [6.07, 6.45) is 2.04. The third kappa shape index (κ3) is 3.86. The Morgan fingerprint density at radius 2 is 2.57 bits per heavy atom. The Hall–Kier alpha value is -0.260. The lowest BCUT2D eigenvalue weighted by Gasteiger charge is -2.23. The second kappa shape index (κ2) is 6.27. The molecule has 4 nitrogen and oxygen atoms in total. The molecule has 0 aromatic heterocycles. The molecule has 1 amide bonds. The lowest BCUT2D eigenvalue weighted by Crippen LogP contribution is -2.51.